The van der Waals surface area contributed by atoms with Crippen LogP contribution in [0.2, 0.25) is 0 Å². The second-order valence-corrected chi connectivity index (χ2v) is 1.95. The number of nitrogens with zero attached hydrogens (tertiary/aromatic N) is 2. The SMILES string of the molecule is O=CNc1ccn(CCO)n1. The van der Waals surface area contributed by atoms with Crippen molar-refractivity contribution < 1.29 is 9.90 Å². The zero-order chi connectivity index (χ0) is 8.10. The molecule has 0 aliphatic carbocycles. The molecule has 0 aromatic carbocycles. The molecule has 60 valence electrons. The van der Waals surface area contributed by atoms with Gasteiger partial charge in [0, 0.05) is 12.3 Å². The maximum Gasteiger partial charge on any atom is 0.212 e. The molecule has 5 nitrogen and oxygen atoms in total. The summed E-state index contributed by atoms with van der Waals surface area (Å²) in [5, 5.41) is 14.8. The van der Waals surface area contributed by atoms with Gasteiger partial charge in [-0.1, -0.05) is 0 Å². The molecule has 1 aromatic heterocycles. The predicted molar refractivity (Wildman–Crippen MR) is 39.0 cm³/mol. The molecule has 0 atom stereocenters. The van der Waals surface area contributed by atoms with Crippen LogP contribution < -0.4 is 5.32 Å². The lowest BCUT2D eigenvalue weighted by molar-refractivity contribution is -0.105. The van der Waals surface area contributed by atoms with Crippen molar-refractivity contribution in [2.45, 2.75) is 6.54 Å². The van der Waals surface area contributed by atoms with E-state index >= 15 is 0 Å². The molecule has 0 fully saturated rings. The van der Waals surface area contributed by atoms with E-state index in [-0.39, 0.29) is 6.61 Å². The standard InChI is InChI=1S/C6H9N3O2/c10-4-3-9-2-1-6(8-9)7-5-11/h1-2,5,10H,3-4H2,(H,7,8,11). The van der Waals surface area contributed by atoms with Crippen LogP contribution in [0, 0.1) is 0 Å². The number of hydrogen-bond acceptors (Lipinski definition) is 3. The smallest absolute Gasteiger partial charge is 0.212 e. The lowest BCUT2D eigenvalue weighted by Gasteiger charge is -1.94. The van der Waals surface area contributed by atoms with Crippen LogP contribution >= 0.6 is 0 Å². The third-order valence-corrected chi connectivity index (χ3v) is 1.18. The first-order valence-electron chi connectivity index (χ1n) is 3.21. The first-order valence-corrected chi connectivity index (χ1v) is 3.21. The quantitative estimate of drug-likeness (QED) is 0.573. The van der Waals surface area contributed by atoms with E-state index in [9.17, 15) is 4.79 Å². The van der Waals surface area contributed by atoms with Gasteiger partial charge in [-0.2, -0.15) is 5.10 Å². The summed E-state index contributed by atoms with van der Waals surface area (Å²) in [4.78, 5) is 9.93. The summed E-state index contributed by atoms with van der Waals surface area (Å²) in [6.07, 6.45) is 2.24. The second-order valence-electron chi connectivity index (χ2n) is 1.95. The van der Waals surface area contributed by atoms with E-state index < -0.39 is 0 Å². The number of hydrogen-bond donors (Lipinski definition) is 2. The Morgan fingerprint density at radius 2 is 2.64 bits per heavy atom. The van der Waals surface area contributed by atoms with E-state index in [0.717, 1.165) is 0 Å². The largest absolute Gasteiger partial charge is 0.394 e. The molecule has 1 heterocycles. The van der Waals surface area contributed by atoms with Crippen molar-refractivity contribution >= 4 is 12.2 Å². The van der Waals surface area contributed by atoms with Gasteiger partial charge >= 0.3 is 0 Å². The Balaban J connectivity index is 2.57. The van der Waals surface area contributed by atoms with E-state index in [0.29, 0.717) is 18.8 Å². The van der Waals surface area contributed by atoms with Crippen LogP contribution in [0.1, 0.15) is 0 Å². The third kappa shape index (κ3) is 2.05. The third-order valence-electron chi connectivity index (χ3n) is 1.18. The van der Waals surface area contributed by atoms with Crippen molar-refractivity contribution in [1.29, 1.82) is 0 Å². The molecule has 0 radical (unpaired) electrons. The van der Waals surface area contributed by atoms with Crippen molar-refractivity contribution in [2.75, 3.05) is 11.9 Å². The number of amides is 1. The fourth-order valence-electron chi connectivity index (χ4n) is 0.726. The fraction of sp³-hybridized carbons (Fsp3) is 0.333. The van der Waals surface area contributed by atoms with Gasteiger partial charge in [-0.25, -0.2) is 0 Å². The van der Waals surface area contributed by atoms with Crippen molar-refractivity contribution in [3.63, 3.8) is 0 Å². The molecule has 0 aliphatic rings. The maximum atomic E-state index is 9.93. The summed E-state index contributed by atoms with van der Waals surface area (Å²) in [5.74, 6) is 0.494. The Morgan fingerprint density at radius 1 is 1.82 bits per heavy atom. The molecule has 5 heteroatoms. The lowest BCUT2D eigenvalue weighted by Crippen LogP contribution is -2.03. The van der Waals surface area contributed by atoms with Gasteiger partial charge in [0.25, 0.3) is 0 Å². The summed E-state index contributed by atoms with van der Waals surface area (Å²) < 4.78 is 1.55. The van der Waals surface area contributed by atoms with Gasteiger partial charge in [0.2, 0.25) is 6.41 Å². The van der Waals surface area contributed by atoms with Crippen LogP contribution in [0.4, 0.5) is 5.82 Å². The van der Waals surface area contributed by atoms with Gasteiger partial charge in [0.05, 0.1) is 13.2 Å². The molecule has 1 amide bonds. The van der Waals surface area contributed by atoms with Crippen LogP contribution in [0.15, 0.2) is 12.3 Å². The fourth-order valence-corrected chi connectivity index (χ4v) is 0.726. The Morgan fingerprint density at radius 3 is 3.27 bits per heavy atom. The van der Waals surface area contributed by atoms with Crippen LogP contribution in [-0.4, -0.2) is 27.9 Å². The zero-order valence-electron chi connectivity index (χ0n) is 5.90. The number of aromatic nitrogens is 2. The number of aliphatic hydroxyl groups excluding tert-OH is 1. The number of carbonyl (C=O) groups excluding carboxylic acids is 1. The van der Waals surface area contributed by atoms with E-state index in [1.54, 1.807) is 16.9 Å². The summed E-state index contributed by atoms with van der Waals surface area (Å²) in [5.41, 5.74) is 0. The van der Waals surface area contributed by atoms with Gasteiger partial charge in [0.1, 0.15) is 0 Å². The zero-order valence-corrected chi connectivity index (χ0v) is 5.90. The minimum Gasteiger partial charge on any atom is -0.394 e. The minimum absolute atomic E-state index is 0.0439. The highest BCUT2D eigenvalue weighted by molar-refractivity contribution is 5.68. The van der Waals surface area contributed by atoms with E-state index in [1.807, 2.05) is 0 Å². The average molecular weight is 155 g/mol. The van der Waals surface area contributed by atoms with Gasteiger partial charge < -0.3 is 10.4 Å². The Bertz CT molecular complexity index is 233. The summed E-state index contributed by atoms with van der Waals surface area (Å²) in [7, 11) is 0. The molecule has 0 saturated carbocycles. The van der Waals surface area contributed by atoms with Gasteiger partial charge in [-0.3, -0.25) is 9.48 Å². The van der Waals surface area contributed by atoms with Crippen molar-refractivity contribution in [2.24, 2.45) is 0 Å². The molecule has 2 N–H and O–H groups in total. The molecule has 0 spiro atoms. The van der Waals surface area contributed by atoms with Gasteiger partial charge in [0.15, 0.2) is 5.82 Å². The highest BCUT2D eigenvalue weighted by Gasteiger charge is 1.94. The van der Waals surface area contributed by atoms with E-state index in [2.05, 4.69) is 10.4 Å². The molecule has 11 heavy (non-hydrogen) atoms. The number of anilines is 1. The minimum atomic E-state index is 0.0439. The number of nitrogens with one attached hydrogen (secondary N) is 1. The van der Waals surface area contributed by atoms with E-state index in [1.165, 1.54) is 0 Å². The van der Waals surface area contributed by atoms with Crippen LogP contribution in [0.25, 0.3) is 0 Å². The molecule has 0 saturated heterocycles. The first-order chi connectivity index (χ1) is 5.36. The number of rotatable bonds is 4. The first kappa shape index (κ1) is 7.74. The molecular weight excluding hydrogens is 146 g/mol. The maximum absolute atomic E-state index is 9.93. The molecule has 0 aliphatic heterocycles. The number of carbonyl (C=O) groups is 1. The average Bonchev–Trinajstić information content (AvgIpc) is 2.38. The Hall–Kier alpha value is -1.36. The summed E-state index contributed by atoms with van der Waals surface area (Å²) in [6.45, 7) is 0.489. The second kappa shape index (κ2) is 3.72. The van der Waals surface area contributed by atoms with Crippen LogP contribution in [0.5, 0.6) is 0 Å². The highest BCUT2D eigenvalue weighted by atomic mass is 16.3. The Labute approximate surface area is 63.6 Å². The van der Waals surface area contributed by atoms with Crippen LogP contribution in [-0.2, 0) is 11.3 Å². The van der Waals surface area contributed by atoms with Crippen molar-refractivity contribution in [3.8, 4) is 0 Å². The van der Waals surface area contributed by atoms with Gasteiger partial charge in [-0.05, 0) is 0 Å². The predicted octanol–water partition coefficient (Wildman–Crippen LogP) is -0.556. The molecule has 1 aromatic rings. The van der Waals surface area contributed by atoms with Gasteiger partial charge in [-0.15, -0.1) is 0 Å². The molecule has 0 unspecified atom stereocenters. The molecule has 1 rings (SSSR count). The Kier molecular flexibility index (Phi) is 2.62. The van der Waals surface area contributed by atoms with Crippen LogP contribution in [0.3, 0.4) is 0 Å². The monoisotopic (exact) mass is 155 g/mol. The van der Waals surface area contributed by atoms with Crippen molar-refractivity contribution in [3.05, 3.63) is 12.3 Å². The highest BCUT2D eigenvalue weighted by Crippen LogP contribution is 1.99. The summed E-state index contributed by atoms with van der Waals surface area (Å²) in [6, 6.07) is 1.66. The summed E-state index contributed by atoms with van der Waals surface area (Å²) >= 11 is 0. The normalized spacial score (nSPS) is 9.55. The topological polar surface area (TPSA) is 67.2 Å². The lowest BCUT2D eigenvalue weighted by atomic mass is 10.6. The van der Waals surface area contributed by atoms with E-state index in [4.69, 9.17) is 5.11 Å². The molecular formula is C6H9N3O2. The molecule has 0 bridgehead atoms. The van der Waals surface area contributed by atoms with Crippen molar-refractivity contribution in [1.82, 2.24) is 9.78 Å². The number of aliphatic hydroxyl groups is 1.